The van der Waals surface area contributed by atoms with Crippen LogP contribution in [0.5, 0.6) is 5.75 Å². The molecule has 0 radical (unpaired) electrons. The van der Waals surface area contributed by atoms with Gasteiger partial charge in [-0.2, -0.15) is 0 Å². The van der Waals surface area contributed by atoms with Crippen LogP contribution in [-0.4, -0.2) is 41.9 Å². The van der Waals surface area contributed by atoms with Crippen molar-refractivity contribution < 1.29 is 14.3 Å². The molecule has 164 valence electrons. The van der Waals surface area contributed by atoms with Crippen molar-refractivity contribution in [2.75, 3.05) is 26.2 Å². The maximum absolute atomic E-state index is 11.0. The van der Waals surface area contributed by atoms with E-state index >= 15 is 0 Å². The molecule has 0 aliphatic carbocycles. The predicted molar refractivity (Wildman–Crippen MR) is 125 cm³/mol. The van der Waals surface area contributed by atoms with Gasteiger partial charge < -0.3 is 14.3 Å². The number of aryl methyl sites for hydroxylation is 1. The molecule has 0 amide bonds. The van der Waals surface area contributed by atoms with Gasteiger partial charge in [0.15, 0.2) is 0 Å². The molecular weight excluding hydrogens is 370 g/mol. The molecule has 2 aromatic rings. The van der Waals surface area contributed by atoms with E-state index in [1.807, 2.05) is 0 Å². The highest BCUT2D eigenvalue weighted by molar-refractivity contribution is 5.41. The summed E-state index contributed by atoms with van der Waals surface area (Å²) in [4.78, 5) is 0. The fourth-order valence-corrected chi connectivity index (χ4v) is 4.66. The normalized spacial score (nSPS) is 23.2. The van der Waals surface area contributed by atoms with Crippen LogP contribution in [0.2, 0.25) is 0 Å². The number of benzene rings is 2. The minimum Gasteiger partial charge on any atom is -0.490 e. The van der Waals surface area contributed by atoms with Crippen LogP contribution in [0.4, 0.5) is 0 Å². The molecule has 0 bridgehead atoms. The van der Waals surface area contributed by atoms with E-state index in [1.54, 1.807) is 0 Å². The van der Waals surface area contributed by atoms with Gasteiger partial charge in [-0.3, -0.25) is 0 Å². The third kappa shape index (κ3) is 6.09. The summed E-state index contributed by atoms with van der Waals surface area (Å²) >= 11 is 0. The van der Waals surface area contributed by atoms with Crippen LogP contribution in [0.25, 0.3) is 0 Å². The van der Waals surface area contributed by atoms with Crippen LogP contribution in [0.3, 0.4) is 0 Å². The zero-order valence-corrected chi connectivity index (χ0v) is 19.5. The number of nitrogens with zero attached hydrogens (tertiary/aromatic N) is 1. The molecule has 1 N–H and O–H groups in total. The summed E-state index contributed by atoms with van der Waals surface area (Å²) in [5, 5.41) is 11.0. The summed E-state index contributed by atoms with van der Waals surface area (Å²) in [6.07, 6.45) is 1.98. The molecule has 3 heteroatoms. The van der Waals surface area contributed by atoms with Crippen LogP contribution >= 0.6 is 0 Å². The van der Waals surface area contributed by atoms with Crippen molar-refractivity contribution in [2.45, 2.75) is 65.5 Å². The molecular formula is C27H40NO2+. The molecule has 30 heavy (non-hydrogen) atoms. The van der Waals surface area contributed by atoms with Gasteiger partial charge in [0.1, 0.15) is 31.5 Å². The van der Waals surface area contributed by atoms with Crippen LogP contribution in [0, 0.1) is 12.8 Å². The van der Waals surface area contributed by atoms with E-state index in [4.69, 9.17) is 4.74 Å². The Labute approximate surface area is 183 Å². The van der Waals surface area contributed by atoms with E-state index in [0.29, 0.717) is 6.61 Å². The quantitative estimate of drug-likeness (QED) is 0.613. The lowest BCUT2D eigenvalue weighted by Gasteiger charge is -2.44. The number of aliphatic hydroxyl groups is 1. The summed E-state index contributed by atoms with van der Waals surface area (Å²) in [7, 11) is 0. The Morgan fingerprint density at radius 1 is 1.07 bits per heavy atom. The van der Waals surface area contributed by atoms with Crippen LogP contribution in [0.1, 0.15) is 57.2 Å². The summed E-state index contributed by atoms with van der Waals surface area (Å²) in [6.45, 7) is 15.4. The third-order valence-electron chi connectivity index (χ3n) is 6.53. The van der Waals surface area contributed by atoms with Crippen molar-refractivity contribution >= 4 is 0 Å². The van der Waals surface area contributed by atoms with Gasteiger partial charge in [-0.05, 0) is 42.7 Å². The van der Waals surface area contributed by atoms with Crippen molar-refractivity contribution in [3.8, 4) is 5.75 Å². The van der Waals surface area contributed by atoms with E-state index in [2.05, 4.69) is 83.1 Å². The summed E-state index contributed by atoms with van der Waals surface area (Å²) in [6, 6.07) is 17.1. The lowest BCUT2D eigenvalue weighted by Crippen LogP contribution is -2.56. The zero-order chi connectivity index (χ0) is 21.8. The minimum absolute atomic E-state index is 0.0103. The van der Waals surface area contributed by atoms with Crippen molar-refractivity contribution in [1.82, 2.24) is 0 Å². The molecule has 0 spiro atoms. The van der Waals surface area contributed by atoms with Crippen molar-refractivity contribution in [3.05, 3.63) is 65.2 Å². The number of rotatable bonds is 7. The van der Waals surface area contributed by atoms with Gasteiger partial charge >= 0.3 is 0 Å². The highest BCUT2D eigenvalue weighted by atomic mass is 16.5. The lowest BCUT2D eigenvalue weighted by atomic mass is 9.85. The van der Waals surface area contributed by atoms with Gasteiger partial charge in [-0.25, -0.2) is 0 Å². The monoisotopic (exact) mass is 410 g/mol. The number of hydrogen-bond acceptors (Lipinski definition) is 2. The van der Waals surface area contributed by atoms with Gasteiger partial charge in [0.25, 0.3) is 0 Å². The van der Waals surface area contributed by atoms with Crippen LogP contribution in [-0.2, 0) is 12.0 Å². The van der Waals surface area contributed by atoms with E-state index in [-0.39, 0.29) is 5.41 Å². The maximum Gasteiger partial charge on any atom is 0.137 e. The topological polar surface area (TPSA) is 29.5 Å². The highest BCUT2D eigenvalue weighted by Gasteiger charge is 2.35. The molecule has 3 rings (SSSR count). The zero-order valence-electron chi connectivity index (χ0n) is 19.5. The molecule has 1 saturated heterocycles. The fraction of sp³-hybridized carbons (Fsp3) is 0.556. The smallest absolute Gasteiger partial charge is 0.137 e. The SMILES string of the molecule is Cc1ccc(OCC(O)C[N+]2(Cc3ccccc3)CCC(C)CC2)c(C(C)(C)C)c1. The number of piperidine rings is 1. The largest absolute Gasteiger partial charge is 0.490 e. The van der Waals surface area contributed by atoms with Crippen molar-refractivity contribution in [3.63, 3.8) is 0 Å². The minimum atomic E-state index is -0.476. The first-order chi connectivity index (χ1) is 14.2. The maximum atomic E-state index is 11.0. The molecule has 3 nitrogen and oxygen atoms in total. The molecule has 1 aliphatic rings. The molecule has 0 aromatic heterocycles. The first-order valence-corrected chi connectivity index (χ1v) is 11.5. The lowest BCUT2D eigenvalue weighted by molar-refractivity contribution is -0.948. The van der Waals surface area contributed by atoms with Gasteiger partial charge in [0.2, 0.25) is 0 Å². The Morgan fingerprint density at radius 2 is 1.73 bits per heavy atom. The number of hydrogen-bond donors (Lipinski definition) is 1. The Morgan fingerprint density at radius 3 is 2.37 bits per heavy atom. The predicted octanol–water partition coefficient (Wildman–Crippen LogP) is 5.48. The Hall–Kier alpha value is -1.84. The van der Waals surface area contributed by atoms with Gasteiger partial charge in [0, 0.05) is 5.56 Å². The molecule has 1 heterocycles. The average molecular weight is 411 g/mol. The van der Waals surface area contributed by atoms with Crippen molar-refractivity contribution in [2.24, 2.45) is 5.92 Å². The van der Waals surface area contributed by atoms with Crippen LogP contribution in [0.15, 0.2) is 48.5 Å². The van der Waals surface area contributed by atoms with Crippen molar-refractivity contribution in [1.29, 1.82) is 0 Å². The van der Waals surface area contributed by atoms with E-state index < -0.39 is 6.10 Å². The second-order valence-corrected chi connectivity index (χ2v) is 10.5. The standard InChI is InChI=1S/C27H40NO2/c1-21-13-15-28(16-14-21,18-23-9-7-6-8-10-23)19-24(29)20-30-26-12-11-22(2)17-25(26)27(3,4)5/h6-12,17,21,24,29H,13-16,18-20H2,1-5H3/q+1. The van der Waals surface area contributed by atoms with Gasteiger partial charge in [-0.15, -0.1) is 0 Å². The number of quaternary nitrogens is 1. The Bertz CT molecular complexity index is 801. The average Bonchev–Trinajstić information content (AvgIpc) is 2.69. The second kappa shape index (κ2) is 9.53. The molecule has 2 aromatic carbocycles. The van der Waals surface area contributed by atoms with E-state index in [9.17, 15) is 5.11 Å². The number of aliphatic hydroxyl groups excluding tert-OH is 1. The first kappa shape index (κ1) is 22.8. The van der Waals surface area contributed by atoms with Gasteiger partial charge in [-0.1, -0.05) is 75.7 Å². The molecule has 0 saturated carbocycles. The molecule has 1 fully saturated rings. The first-order valence-electron chi connectivity index (χ1n) is 11.5. The number of ether oxygens (including phenoxy) is 1. The summed E-state index contributed by atoms with van der Waals surface area (Å²) in [5.74, 6) is 1.68. The third-order valence-corrected chi connectivity index (χ3v) is 6.53. The fourth-order valence-electron chi connectivity index (χ4n) is 4.66. The molecule has 1 aliphatic heterocycles. The van der Waals surface area contributed by atoms with Gasteiger partial charge in [0.05, 0.1) is 13.1 Å². The number of likely N-dealkylation sites (tertiary alicyclic amines) is 1. The molecule has 1 unspecified atom stereocenters. The van der Waals surface area contributed by atoms with E-state index in [1.165, 1.54) is 29.5 Å². The molecule has 1 atom stereocenters. The van der Waals surface area contributed by atoms with Crippen LogP contribution < -0.4 is 4.74 Å². The Kier molecular flexibility index (Phi) is 7.26. The highest BCUT2D eigenvalue weighted by Crippen LogP contribution is 2.32. The summed E-state index contributed by atoms with van der Waals surface area (Å²) in [5.41, 5.74) is 3.81. The second-order valence-electron chi connectivity index (χ2n) is 10.5. The summed E-state index contributed by atoms with van der Waals surface area (Å²) < 4.78 is 7.14. The Balaban J connectivity index is 1.69. The van der Waals surface area contributed by atoms with E-state index in [0.717, 1.165) is 42.3 Å².